The Labute approximate surface area is 187 Å². The Morgan fingerprint density at radius 1 is 1.32 bits per heavy atom. The van der Waals surface area contributed by atoms with Crippen LogP contribution in [0.5, 0.6) is 0 Å². The van der Waals surface area contributed by atoms with E-state index in [9.17, 15) is 4.79 Å². The van der Waals surface area contributed by atoms with E-state index >= 15 is 0 Å². The molecule has 0 saturated heterocycles. The number of thiazole rings is 1. The summed E-state index contributed by atoms with van der Waals surface area (Å²) < 4.78 is 6.91. The molecule has 3 heterocycles. The van der Waals surface area contributed by atoms with Gasteiger partial charge in [0.05, 0.1) is 24.5 Å². The van der Waals surface area contributed by atoms with Gasteiger partial charge < -0.3 is 20.4 Å². The Morgan fingerprint density at radius 3 is 2.71 bits per heavy atom. The first-order chi connectivity index (χ1) is 15.1. The van der Waals surface area contributed by atoms with Crippen molar-refractivity contribution in [1.82, 2.24) is 19.5 Å². The quantitative estimate of drug-likeness (QED) is 0.415. The molecule has 168 valence electrons. The van der Waals surface area contributed by atoms with E-state index in [1.165, 1.54) is 17.5 Å². The van der Waals surface area contributed by atoms with E-state index in [4.69, 9.17) is 10.5 Å². The number of allylic oxidation sites excluding steroid dienone is 1. The van der Waals surface area contributed by atoms with Crippen LogP contribution in [0.4, 0.5) is 5.95 Å². The molecule has 0 atom stereocenters. The van der Waals surface area contributed by atoms with Gasteiger partial charge in [0.2, 0.25) is 11.0 Å². The highest BCUT2D eigenvalue weighted by atomic mass is 32.1. The molecule has 31 heavy (non-hydrogen) atoms. The summed E-state index contributed by atoms with van der Waals surface area (Å²) in [6, 6.07) is 1.92. The lowest BCUT2D eigenvalue weighted by Crippen LogP contribution is -2.08. The summed E-state index contributed by atoms with van der Waals surface area (Å²) in [4.78, 5) is 28.8. The standard InChI is InChI=1S/C17H19N7O2S.2C2H6/c1-3-26-16(25)15-21-13(10-27-15)9-24-5-4-11-7-20-17(23-14(11)24)22-12(6-18)8-19-2;2*1-2/h4-8,10H,3,9,18H2,1-2H3,(H,20,22,23);2*1-2H3/b12-6+,19-8?;;. The SMILES string of the molecule is CC.CC.CCOC(=O)c1nc(Cn2ccc3cnc(N/C(C=NC)=C/N)nc32)cs1. The molecule has 0 aliphatic rings. The van der Waals surface area contributed by atoms with Crippen molar-refractivity contribution in [3.05, 3.63) is 46.4 Å². The lowest BCUT2D eigenvalue weighted by molar-refractivity contribution is 0.0525. The molecule has 0 amide bonds. The van der Waals surface area contributed by atoms with Crippen LogP contribution in [0.15, 0.2) is 40.7 Å². The van der Waals surface area contributed by atoms with Crippen LogP contribution in [0.25, 0.3) is 11.0 Å². The summed E-state index contributed by atoms with van der Waals surface area (Å²) in [7, 11) is 1.65. The summed E-state index contributed by atoms with van der Waals surface area (Å²) in [5.41, 5.74) is 7.65. The highest BCUT2D eigenvalue weighted by molar-refractivity contribution is 7.11. The van der Waals surface area contributed by atoms with Gasteiger partial charge in [0, 0.05) is 42.6 Å². The van der Waals surface area contributed by atoms with Gasteiger partial charge in [-0.05, 0) is 13.0 Å². The monoisotopic (exact) mass is 445 g/mol. The van der Waals surface area contributed by atoms with Gasteiger partial charge in [0.25, 0.3) is 0 Å². The fourth-order valence-electron chi connectivity index (χ4n) is 2.38. The van der Waals surface area contributed by atoms with Gasteiger partial charge in [-0.25, -0.2) is 14.8 Å². The number of carbonyl (C=O) groups is 1. The van der Waals surface area contributed by atoms with Crippen LogP contribution in [0, 0.1) is 0 Å². The van der Waals surface area contributed by atoms with Crippen molar-refractivity contribution in [2.24, 2.45) is 10.7 Å². The number of esters is 1. The molecule has 0 aliphatic carbocycles. The van der Waals surface area contributed by atoms with Gasteiger partial charge in [-0.15, -0.1) is 11.3 Å². The van der Waals surface area contributed by atoms with E-state index in [0.717, 1.165) is 16.7 Å². The second-order valence-corrected chi connectivity index (χ2v) is 6.27. The van der Waals surface area contributed by atoms with Gasteiger partial charge in [0.1, 0.15) is 5.65 Å². The average molecular weight is 446 g/mol. The zero-order valence-electron chi connectivity index (χ0n) is 18.9. The number of fused-ring (bicyclic) bond motifs is 1. The molecule has 0 unspecified atom stereocenters. The molecule has 3 rings (SSSR count). The molecule has 0 bridgehead atoms. The van der Waals surface area contributed by atoms with Crippen LogP contribution in [0.3, 0.4) is 0 Å². The number of ether oxygens (including phenoxy) is 1. The van der Waals surface area contributed by atoms with Crippen LogP contribution in [-0.2, 0) is 11.3 Å². The Balaban J connectivity index is 0.00000113. The first-order valence-electron chi connectivity index (χ1n) is 10.2. The largest absolute Gasteiger partial charge is 0.461 e. The second-order valence-electron chi connectivity index (χ2n) is 5.41. The number of hydrogen-bond acceptors (Lipinski definition) is 9. The Hall–Kier alpha value is -3.27. The van der Waals surface area contributed by atoms with Gasteiger partial charge in [-0.3, -0.25) is 4.99 Å². The van der Waals surface area contributed by atoms with E-state index in [2.05, 4.69) is 25.3 Å². The molecule has 3 aromatic rings. The fourth-order valence-corrected chi connectivity index (χ4v) is 3.08. The zero-order chi connectivity index (χ0) is 23.2. The van der Waals surface area contributed by atoms with Gasteiger partial charge in [0.15, 0.2) is 0 Å². The Kier molecular flexibility index (Phi) is 11.5. The third kappa shape index (κ3) is 7.18. The number of aromatic nitrogens is 4. The average Bonchev–Trinajstić information content (AvgIpc) is 3.44. The van der Waals surface area contributed by atoms with E-state index in [-0.39, 0.29) is 0 Å². The van der Waals surface area contributed by atoms with Crippen molar-refractivity contribution in [1.29, 1.82) is 0 Å². The van der Waals surface area contributed by atoms with Crippen molar-refractivity contribution in [2.75, 3.05) is 19.0 Å². The molecule has 9 nitrogen and oxygen atoms in total. The predicted octanol–water partition coefficient (Wildman–Crippen LogP) is 4.08. The maximum absolute atomic E-state index is 11.8. The fraction of sp³-hybridized carbons (Fsp3) is 0.381. The highest BCUT2D eigenvalue weighted by Crippen LogP contribution is 2.18. The van der Waals surface area contributed by atoms with E-state index in [0.29, 0.717) is 29.8 Å². The van der Waals surface area contributed by atoms with E-state index < -0.39 is 5.97 Å². The first kappa shape index (κ1) is 25.8. The van der Waals surface area contributed by atoms with Gasteiger partial charge >= 0.3 is 5.97 Å². The normalized spacial score (nSPS) is 10.8. The van der Waals surface area contributed by atoms with Crippen LogP contribution in [-0.4, -0.2) is 45.4 Å². The lowest BCUT2D eigenvalue weighted by atomic mass is 10.4. The minimum Gasteiger partial charge on any atom is -0.461 e. The summed E-state index contributed by atoms with van der Waals surface area (Å²) in [6.07, 6.45) is 6.60. The van der Waals surface area contributed by atoms with Gasteiger partial charge in [-0.2, -0.15) is 4.98 Å². The molecular formula is C21H31N7O2S. The van der Waals surface area contributed by atoms with Crippen molar-refractivity contribution in [3.8, 4) is 0 Å². The Bertz CT molecular complexity index is 1010. The summed E-state index contributed by atoms with van der Waals surface area (Å²) in [6.45, 7) is 10.6. The predicted molar refractivity (Wildman–Crippen MR) is 128 cm³/mol. The third-order valence-corrected chi connectivity index (χ3v) is 4.41. The first-order valence-corrected chi connectivity index (χ1v) is 11.1. The molecule has 0 radical (unpaired) electrons. The molecule has 0 saturated carbocycles. The number of rotatable bonds is 7. The molecule has 0 aliphatic heterocycles. The maximum Gasteiger partial charge on any atom is 0.367 e. The van der Waals surface area contributed by atoms with Crippen LogP contribution >= 0.6 is 11.3 Å². The van der Waals surface area contributed by atoms with Crippen molar-refractivity contribution < 1.29 is 9.53 Å². The number of aliphatic imine (C=N–C) groups is 1. The molecule has 0 fully saturated rings. The van der Waals surface area contributed by atoms with Crippen molar-refractivity contribution in [3.63, 3.8) is 0 Å². The molecule has 0 spiro atoms. The van der Waals surface area contributed by atoms with Crippen molar-refractivity contribution >= 4 is 40.5 Å². The molecule has 3 N–H and O–H groups in total. The molecule has 0 aromatic carbocycles. The number of carbonyl (C=O) groups excluding carboxylic acids is 1. The molecular weight excluding hydrogens is 414 g/mol. The number of anilines is 1. The Morgan fingerprint density at radius 2 is 2.06 bits per heavy atom. The number of nitrogens with two attached hydrogens (primary N) is 1. The zero-order valence-corrected chi connectivity index (χ0v) is 19.7. The highest BCUT2D eigenvalue weighted by Gasteiger charge is 2.13. The number of hydrogen-bond donors (Lipinski definition) is 2. The van der Waals surface area contributed by atoms with E-state index in [1.54, 1.807) is 26.4 Å². The van der Waals surface area contributed by atoms with Gasteiger partial charge in [-0.1, -0.05) is 27.7 Å². The second kappa shape index (κ2) is 13.9. The maximum atomic E-state index is 11.8. The van der Waals surface area contributed by atoms with Crippen LogP contribution < -0.4 is 11.1 Å². The minimum atomic E-state index is -0.404. The summed E-state index contributed by atoms with van der Waals surface area (Å²) in [5.74, 6) is 0.00292. The number of nitrogens with one attached hydrogen (secondary N) is 1. The molecule has 3 aromatic heterocycles. The third-order valence-electron chi connectivity index (χ3n) is 3.54. The van der Waals surface area contributed by atoms with Crippen molar-refractivity contribution in [2.45, 2.75) is 41.2 Å². The minimum absolute atomic E-state index is 0.324. The number of nitrogens with zero attached hydrogens (tertiary/aromatic N) is 5. The lowest BCUT2D eigenvalue weighted by Gasteiger charge is -2.06. The smallest absolute Gasteiger partial charge is 0.367 e. The summed E-state index contributed by atoms with van der Waals surface area (Å²) in [5, 5.41) is 6.09. The molecule has 10 heteroatoms. The topological polar surface area (TPSA) is 120 Å². The summed E-state index contributed by atoms with van der Waals surface area (Å²) >= 11 is 1.26. The van der Waals surface area contributed by atoms with Crippen LogP contribution in [0.1, 0.15) is 50.1 Å². The van der Waals surface area contributed by atoms with E-state index in [1.807, 2.05) is 49.9 Å². The van der Waals surface area contributed by atoms with Crippen LogP contribution in [0.2, 0.25) is 0 Å².